The molecule has 0 radical (unpaired) electrons. The minimum absolute atomic E-state index is 0.0456. The van der Waals surface area contributed by atoms with E-state index in [1.165, 1.54) is 0 Å². The average molecular weight is 358 g/mol. The van der Waals surface area contributed by atoms with E-state index >= 15 is 0 Å². The summed E-state index contributed by atoms with van der Waals surface area (Å²) in [6.45, 7) is 1.69. The van der Waals surface area contributed by atoms with Crippen molar-refractivity contribution in [1.82, 2.24) is 4.57 Å². The maximum absolute atomic E-state index is 11.9. The number of ether oxygens (including phenoxy) is 1. The molecule has 0 atom stereocenters. The second-order valence-electron chi connectivity index (χ2n) is 5.59. The molecule has 3 rings (SSSR count). The van der Waals surface area contributed by atoms with E-state index in [1.807, 2.05) is 25.1 Å². The summed E-state index contributed by atoms with van der Waals surface area (Å²) in [6.07, 6.45) is 0. The highest BCUT2D eigenvalue weighted by Crippen LogP contribution is 2.38. The lowest BCUT2D eigenvalue weighted by molar-refractivity contribution is -0.120. The van der Waals surface area contributed by atoms with Crippen molar-refractivity contribution in [2.45, 2.75) is 6.92 Å². The van der Waals surface area contributed by atoms with Crippen molar-refractivity contribution in [1.29, 1.82) is 0 Å². The van der Waals surface area contributed by atoms with Gasteiger partial charge in [-0.3, -0.25) is 4.79 Å². The highest BCUT2D eigenvalue weighted by Gasteiger charge is 2.14. The Labute approximate surface area is 149 Å². The van der Waals surface area contributed by atoms with Gasteiger partial charge in [-0.2, -0.15) is 0 Å². The van der Waals surface area contributed by atoms with Crippen molar-refractivity contribution in [3.8, 4) is 11.6 Å². The van der Waals surface area contributed by atoms with Crippen LogP contribution < -0.4 is 4.74 Å². The molecule has 0 unspecified atom stereocenters. The zero-order chi connectivity index (χ0) is 18.0. The van der Waals surface area contributed by atoms with Gasteiger partial charge in [0.25, 0.3) is 0 Å². The fourth-order valence-corrected chi connectivity index (χ4v) is 2.56. The lowest BCUT2D eigenvalue weighted by atomic mass is 10.1. The third kappa shape index (κ3) is 3.64. The van der Waals surface area contributed by atoms with Crippen molar-refractivity contribution < 1.29 is 14.6 Å². The Hall–Kier alpha value is -2.86. The van der Waals surface area contributed by atoms with Gasteiger partial charge in [0.2, 0.25) is 5.88 Å². The van der Waals surface area contributed by atoms with Crippen LogP contribution >= 0.6 is 11.6 Å². The van der Waals surface area contributed by atoms with E-state index in [2.05, 4.69) is 10.2 Å². The van der Waals surface area contributed by atoms with Gasteiger partial charge in [0.15, 0.2) is 12.3 Å². The predicted molar refractivity (Wildman–Crippen MR) is 95.8 cm³/mol. The van der Waals surface area contributed by atoms with Crippen LogP contribution in [0.2, 0.25) is 5.02 Å². The van der Waals surface area contributed by atoms with E-state index < -0.39 is 5.91 Å². The van der Waals surface area contributed by atoms with Gasteiger partial charge in [-0.15, -0.1) is 10.2 Å². The van der Waals surface area contributed by atoms with Crippen LogP contribution in [-0.2, 0) is 11.8 Å². The lowest BCUT2D eigenvalue weighted by Gasteiger charge is -2.02. The van der Waals surface area contributed by atoms with Crippen molar-refractivity contribution in [2.24, 2.45) is 17.3 Å². The van der Waals surface area contributed by atoms with Gasteiger partial charge in [0.1, 0.15) is 5.75 Å². The van der Waals surface area contributed by atoms with E-state index in [9.17, 15) is 9.90 Å². The Morgan fingerprint density at radius 2 is 1.96 bits per heavy atom. The van der Waals surface area contributed by atoms with Crippen LogP contribution in [0.1, 0.15) is 5.56 Å². The highest BCUT2D eigenvalue weighted by molar-refractivity contribution is 6.30. The summed E-state index contributed by atoms with van der Waals surface area (Å²) >= 11 is 5.79. The summed E-state index contributed by atoms with van der Waals surface area (Å²) < 4.78 is 6.92. The molecule has 25 heavy (non-hydrogen) atoms. The van der Waals surface area contributed by atoms with E-state index in [-0.39, 0.29) is 18.2 Å². The molecule has 0 bridgehead atoms. The van der Waals surface area contributed by atoms with E-state index in [1.54, 1.807) is 35.9 Å². The predicted octanol–water partition coefficient (Wildman–Crippen LogP) is 4.54. The second kappa shape index (κ2) is 6.94. The van der Waals surface area contributed by atoms with E-state index in [4.69, 9.17) is 16.3 Å². The van der Waals surface area contributed by atoms with Crippen LogP contribution in [0.25, 0.3) is 10.9 Å². The SMILES string of the molecule is Cc1ccc2c(c1)c(N=NC(=O)COc1ccc(Cl)cc1)c(O)n2C. The van der Waals surface area contributed by atoms with Crippen molar-refractivity contribution >= 4 is 34.1 Å². The molecule has 1 heterocycles. The van der Waals surface area contributed by atoms with Crippen LogP contribution in [0.4, 0.5) is 5.69 Å². The fourth-order valence-electron chi connectivity index (χ4n) is 2.43. The largest absolute Gasteiger partial charge is 0.493 e. The molecule has 3 aromatic rings. The maximum Gasteiger partial charge on any atom is 0.302 e. The molecule has 6 nitrogen and oxygen atoms in total. The molecule has 0 aliphatic carbocycles. The van der Waals surface area contributed by atoms with Crippen LogP contribution in [0.3, 0.4) is 0 Å². The third-order valence-corrected chi connectivity index (χ3v) is 3.99. The Bertz CT molecular complexity index is 962. The van der Waals surface area contributed by atoms with Gasteiger partial charge in [0.05, 0.1) is 5.52 Å². The fraction of sp³-hybridized carbons (Fsp3) is 0.167. The standard InChI is InChI=1S/C18H16ClN3O3/c1-11-3-8-15-14(9-11)17(18(24)22(15)2)21-20-16(23)10-25-13-6-4-12(19)5-7-13/h3-9,24H,10H2,1-2H3. The van der Waals surface area contributed by atoms with Crippen LogP contribution in [0, 0.1) is 6.92 Å². The van der Waals surface area contributed by atoms with Crippen LogP contribution in [0.15, 0.2) is 52.7 Å². The van der Waals surface area contributed by atoms with Crippen LogP contribution in [-0.4, -0.2) is 22.2 Å². The molecule has 1 amide bonds. The number of fused-ring (bicyclic) bond motifs is 1. The number of aromatic hydroxyl groups is 1. The van der Waals surface area contributed by atoms with E-state index in [0.29, 0.717) is 10.8 Å². The molecule has 2 aromatic carbocycles. The zero-order valence-electron chi connectivity index (χ0n) is 13.7. The number of rotatable bonds is 4. The Morgan fingerprint density at radius 3 is 2.68 bits per heavy atom. The summed E-state index contributed by atoms with van der Waals surface area (Å²) in [6, 6.07) is 12.4. The minimum atomic E-state index is -0.556. The monoisotopic (exact) mass is 357 g/mol. The average Bonchev–Trinajstić information content (AvgIpc) is 2.83. The Kier molecular flexibility index (Phi) is 4.72. The smallest absolute Gasteiger partial charge is 0.302 e. The molecule has 0 aliphatic rings. The molecule has 0 aliphatic heterocycles. The second-order valence-corrected chi connectivity index (χ2v) is 6.02. The normalized spacial score (nSPS) is 11.3. The quantitative estimate of drug-likeness (QED) is 0.696. The third-order valence-electron chi connectivity index (χ3n) is 3.74. The summed E-state index contributed by atoms with van der Waals surface area (Å²) in [7, 11) is 1.72. The molecule has 0 saturated carbocycles. The molecular weight excluding hydrogens is 342 g/mol. The van der Waals surface area contributed by atoms with Gasteiger partial charge in [-0.25, -0.2) is 0 Å². The van der Waals surface area contributed by atoms with E-state index in [0.717, 1.165) is 16.5 Å². The number of benzene rings is 2. The van der Waals surface area contributed by atoms with Gasteiger partial charge >= 0.3 is 5.91 Å². The van der Waals surface area contributed by atoms with Crippen molar-refractivity contribution in [2.75, 3.05) is 6.61 Å². The number of amides is 1. The van der Waals surface area contributed by atoms with Gasteiger partial charge in [-0.1, -0.05) is 23.2 Å². The number of azo groups is 1. The molecule has 0 fully saturated rings. The number of hydrogen-bond donors (Lipinski definition) is 1. The number of nitrogens with zero attached hydrogens (tertiary/aromatic N) is 3. The molecule has 0 saturated heterocycles. The number of hydrogen-bond acceptors (Lipinski definition) is 4. The molecule has 0 spiro atoms. The molecule has 7 heteroatoms. The first-order chi connectivity index (χ1) is 12.0. The summed E-state index contributed by atoms with van der Waals surface area (Å²) in [5, 5.41) is 19.1. The Balaban J connectivity index is 1.76. The van der Waals surface area contributed by atoms with Crippen molar-refractivity contribution in [3.05, 3.63) is 53.1 Å². The van der Waals surface area contributed by atoms with Gasteiger partial charge in [0, 0.05) is 17.5 Å². The highest BCUT2D eigenvalue weighted by atomic mass is 35.5. The number of aryl methyl sites for hydroxylation is 2. The molecule has 1 aromatic heterocycles. The number of aromatic nitrogens is 1. The lowest BCUT2D eigenvalue weighted by Crippen LogP contribution is -2.07. The van der Waals surface area contributed by atoms with Gasteiger partial charge in [-0.05, 0) is 43.3 Å². The molecule has 1 N–H and O–H groups in total. The maximum atomic E-state index is 11.9. The zero-order valence-corrected chi connectivity index (χ0v) is 14.5. The first kappa shape index (κ1) is 17.0. The molecular formula is C18H16ClN3O3. The number of carbonyl (C=O) groups is 1. The summed E-state index contributed by atoms with van der Waals surface area (Å²) in [5.41, 5.74) is 2.09. The Morgan fingerprint density at radius 1 is 1.24 bits per heavy atom. The first-order valence-electron chi connectivity index (χ1n) is 7.56. The topological polar surface area (TPSA) is 76.2 Å². The number of carbonyl (C=O) groups excluding carboxylic acids is 1. The van der Waals surface area contributed by atoms with Crippen molar-refractivity contribution in [3.63, 3.8) is 0 Å². The number of halogens is 1. The molecule has 128 valence electrons. The first-order valence-corrected chi connectivity index (χ1v) is 7.94. The summed E-state index contributed by atoms with van der Waals surface area (Å²) in [5.74, 6) is -0.0913. The summed E-state index contributed by atoms with van der Waals surface area (Å²) in [4.78, 5) is 11.9. The minimum Gasteiger partial charge on any atom is -0.493 e. The van der Waals surface area contributed by atoms with Gasteiger partial charge < -0.3 is 14.4 Å². The van der Waals surface area contributed by atoms with Crippen LogP contribution in [0.5, 0.6) is 11.6 Å².